The van der Waals surface area contributed by atoms with Gasteiger partial charge in [-0.25, -0.2) is 0 Å². The molecule has 0 atom stereocenters. The van der Waals surface area contributed by atoms with Gasteiger partial charge in [0.05, 0.1) is 5.69 Å². The van der Waals surface area contributed by atoms with E-state index in [4.69, 9.17) is 5.53 Å². The summed E-state index contributed by atoms with van der Waals surface area (Å²) in [7, 11) is 0. The van der Waals surface area contributed by atoms with Crippen LogP contribution in [-0.2, 0) is 0 Å². The Kier molecular flexibility index (Phi) is 1.81. The van der Waals surface area contributed by atoms with E-state index in [-0.39, 0.29) is 0 Å². The molecule has 1 aromatic rings. The molecular weight excluding hydrogens is 124 g/mol. The van der Waals surface area contributed by atoms with Crippen molar-refractivity contribution in [3.8, 4) is 0 Å². The van der Waals surface area contributed by atoms with Crippen LogP contribution in [0.25, 0.3) is 0 Å². The first-order valence-corrected chi connectivity index (χ1v) is 3.16. The van der Waals surface area contributed by atoms with Crippen LogP contribution in [0, 0.1) is 13.8 Å². The predicted octanol–water partition coefficient (Wildman–Crippen LogP) is 2.19. The molecule has 10 heavy (non-hydrogen) atoms. The molecule has 0 unspecified atom stereocenters. The summed E-state index contributed by atoms with van der Waals surface area (Å²) in [5.74, 6) is 0. The lowest BCUT2D eigenvalue weighted by molar-refractivity contribution is 1.25. The lowest BCUT2D eigenvalue weighted by Crippen LogP contribution is -1.75. The van der Waals surface area contributed by atoms with E-state index in [0.29, 0.717) is 5.69 Å². The van der Waals surface area contributed by atoms with Crippen LogP contribution in [0.1, 0.15) is 11.1 Å². The first kappa shape index (κ1) is 6.93. The molecule has 0 spiro atoms. The number of nitrogens with zero attached hydrogens (tertiary/aromatic N) is 2. The number of aryl methyl sites for hydroxylation is 2. The fourth-order valence-electron chi connectivity index (χ4n) is 0.827. The lowest BCUT2D eigenvalue weighted by Gasteiger charge is -1.97. The number of rotatable bonds is 1. The minimum atomic E-state index is 0.653. The standard InChI is InChI=1S/C8H9N2/c1-6-3-4-7(2)8(5-6)10-9/h3-5H,1-2H3. The van der Waals surface area contributed by atoms with E-state index < -0.39 is 0 Å². The van der Waals surface area contributed by atoms with Crippen molar-refractivity contribution in [2.75, 3.05) is 0 Å². The molecule has 2 nitrogen and oxygen atoms in total. The van der Waals surface area contributed by atoms with E-state index in [0.717, 1.165) is 11.1 Å². The smallest absolute Gasteiger partial charge is 0.0907 e. The highest BCUT2D eigenvalue weighted by Gasteiger charge is 1.94. The molecule has 0 bridgehead atoms. The van der Waals surface area contributed by atoms with E-state index in [1.54, 1.807) is 0 Å². The van der Waals surface area contributed by atoms with E-state index >= 15 is 0 Å². The molecule has 0 N–H and O–H groups in total. The van der Waals surface area contributed by atoms with Gasteiger partial charge in [0, 0.05) is 0 Å². The van der Waals surface area contributed by atoms with Crippen LogP contribution in [0.15, 0.2) is 23.3 Å². The second-order valence-corrected chi connectivity index (χ2v) is 2.39. The van der Waals surface area contributed by atoms with Crippen molar-refractivity contribution in [3.05, 3.63) is 29.3 Å². The van der Waals surface area contributed by atoms with Gasteiger partial charge in [-0.1, -0.05) is 12.1 Å². The van der Waals surface area contributed by atoms with E-state index in [1.807, 2.05) is 32.0 Å². The average Bonchev–Trinajstić information content (AvgIpc) is 1.94. The van der Waals surface area contributed by atoms with Crippen LogP contribution in [-0.4, -0.2) is 0 Å². The van der Waals surface area contributed by atoms with Crippen LogP contribution >= 0.6 is 0 Å². The summed E-state index contributed by atoms with van der Waals surface area (Å²) in [6.07, 6.45) is 0. The van der Waals surface area contributed by atoms with E-state index in [2.05, 4.69) is 5.11 Å². The third-order valence-electron chi connectivity index (χ3n) is 1.47. The van der Waals surface area contributed by atoms with Gasteiger partial charge in [0.15, 0.2) is 0 Å². The quantitative estimate of drug-likeness (QED) is 0.526. The van der Waals surface area contributed by atoms with Gasteiger partial charge < -0.3 is 0 Å². The van der Waals surface area contributed by atoms with Gasteiger partial charge in [-0.15, -0.1) is 5.11 Å². The van der Waals surface area contributed by atoms with Gasteiger partial charge in [-0.3, -0.25) is 0 Å². The summed E-state index contributed by atoms with van der Waals surface area (Å²) in [6.45, 7) is 3.88. The zero-order valence-corrected chi connectivity index (χ0v) is 6.13. The molecule has 0 heterocycles. The minimum Gasteiger partial charge on any atom is -0.129 e. The van der Waals surface area contributed by atoms with Crippen LogP contribution in [0.2, 0.25) is 0 Å². The van der Waals surface area contributed by atoms with Crippen molar-refractivity contribution in [2.45, 2.75) is 13.8 Å². The Hall–Kier alpha value is -1.18. The first-order valence-electron chi connectivity index (χ1n) is 3.16. The summed E-state index contributed by atoms with van der Waals surface area (Å²) in [5.41, 5.74) is 11.2. The van der Waals surface area contributed by atoms with Gasteiger partial charge in [0.25, 0.3) is 0 Å². The highest BCUT2D eigenvalue weighted by molar-refractivity contribution is 5.46. The molecule has 0 aromatic heterocycles. The molecule has 0 saturated heterocycles. The second-order valence-electron chi connectivity index (χ2n) is 2.39. The normalized spacial score (nSPS) is 9.40. The lowest BCUT2D eigenvalue weighted by atomic mass is 10.1. The van der Waals surface area contributed by atoms with Crippen molar-refractivity contribution in [1.29, 1.82) is 0 Å². The highest BCUT2D eigenvalue weighted by Crippen LogP contribution is 2.18. The van der Waals surface area contributed by atoms with Crippen LogP contribution in [0.4, 0.5) is 5.69 Å². The predicted molar refractivity (Wildman–Crippen MR) is 40.1 cm³/mol. The summed E-state index contributed by atoms with van der Waals surface area (Å²) < 4.78 is 0. The maximum absolute atomic E-state index is 8.47. The van der Waals surface area contributed by atoms with Crippen molar-refractivity contribution < 1.29 is 0 Å². The number of hydrogen-bond donors (Lipinski definition) is 0. The van der Waals surface area contributed by atoms with E-state index in [1.165, 1.54) is 0 Å². The second kappa shape index (κ2) is 2.60. The molecule has 2 heteroatoms. The van der Waals surface area contributed by atoms with E-state index in [9.17, 15) is 0 Å². The largest absolute Gasteiger partial charge is 0.129 e. The van der Waals surface area contributed by atoms with Crippen molar-refractivity contribution in [2.24, 2.45) is 5.11 Å². The first-order chi connectivity index (χ1) is 4.74. The zero-order valence-electron chi connectivity index (χ0n) is 6.13. The maximum Gasteiger partial charge on any atom is 0.0907 e. The molecule has 0 aliphatic heterocycles. The molecule has 0 fully saturated rings. The van der Waals surface area contributed by atoms with Crippen LogP contribution in [0.3, 0.4) is 0 Å². The fourth-order valence-corrected chi connectivity index (χ4v) is 0.827. The Morgan fingerprint density at radius 3 is 2.50 bits per heavy atom. The van der Waals surface area contributed by atoms with Gasteiger partial charge in [-0.2, -0.15) is 0 Å². The Morgan fingerprint density at radius 1 is 1.30 bits per heavy atom. The molecular formula is C8H9N2. The maximum atomic E-state index is 8.47. The van der Waals surface area contributed by atoms with Crippen LogP contribution < -0.4 is 5.53 Å². The highest BCUT2D eigenvalue weighted by atomic mass is 15.0. The molecule has 1 aromatic carbocycles. The molecule has 0 aliphatic rings. The topological polar surface area (TPSA) is 34.7 Å². The molecule has 1 rings (SSSR count). The average molecular weight is 133 g/mol. The van der Waals surface area contributed by atoms with Crippen LogP contribution in [0.5, 0.6) is 0 Å². The van der Waals surface area contributed by atoms with Gasteiger partial charge in [-0.05, 0) is 36.6 Å². The fraction of sp³-hybridized carbons (Fsp3) is 0.250. The Morgan fingerprint density at radius 2 is 2.00 bits per heavy atom. The Bertz CT molecular complexity index is 253. The van der Waals surface area contributed by atoms with Crippen molar-refractivity contribution in [3.63, 3.8) is 0 Å². The SMILES string of the molecule is Cc1ccc(C)c(N=[N])c1. The monoisotopic (exact) mass is 133 g/mol. The molecule has 0 saturated carbocycles. The third kappa shape index (κ3) is 1.21. The Labute approximate surface area is 60.4 Å². The van der Waals surface area contributed by atoms with Crippen molar-refractivity contribution >= 4 is 5.69 Å². The van der Waals surface area contributed by atoms with Gasteiger partial charge >= 0.3 is 0 Å². The zero-order chi connectivity index (χ0) is 7.56. The molecule has 1 radical (unpaired) electrons. The van der Waals surface area contributed by atoms with Gasteiger partial charge in [0.2, 0.25) is 0 Å². The molecule has 51 valence electrons. The summed E-state index contributed by atoms with van der Waals surface area (Å²) in [4.78, 5) is 0. The molecule has 0 amide bonds. The minimum absolute atomic E-state index is 0.653. The number of benzene rings is 1. The third-order valence-corrected chi connectivity index (χ3v) is 1.47. The summed E-state index contributed by atoms with van der Waals surface area (Å²) >= 11 is 0. The van der Waals surface area contributed by atoms with Crippen molar-refractivity contribution in [1.82, 2.24) is 5.53 Å². The molecule has 0 aliphatic carbocycles. The summed E-state index contributed by atoms with van der Waals surface area (Å²) in [5, 5.41) is 3.13. The van der Waals surface area contributed by atoms with Gasteiger partial charge in [0.1, 0.15) is 0 Å². The Balaban J connectivity index is 3.21. The number of hydrogen-bond acceptors (Lipinski definition) is 1. The summed E-state index contributed by atoms with van der Waals surface area (Å²) in [6, 6.07) is 5.77.